The van der Waals surface area contributed by atoms with Crippen molar-refractivity contribution >= 4 is 5.97 Å². The number of hydrogen-bond donors (Lipinski definition) is 1. The van der Waals surface area contributed by atoms with Gasteiger partial charge in [0.25, 0.3) is 0 Å². The first kappa shape index (κ1) is 8.69. The van der Waals surface area contributed by atoms with Gasteiger partial charge in [-0.25, -0.2) is 4.79 Å². The number of allylic oxidation sites excluding steroid dienone is 2. The van der Waals surface area contributed by atoms with Gasteiger partial charge in [0.2, 0.25) is 0 Å². The van der Waals surface area contributed by atoms with Crippen LogP contribution in [0.3, 0.4) is 0 Å². The van der Waals surface area contributed by atoms with Crippen LogP contribution in [0.1, 0.15) is 6.92 Å². The molecule has 10 heavy (non-hydrogen) atoms. The second-order valence-corrected chi connectivity index (χ2v) is 1.92. The predicted molar refractivity (Wildman–Crippen MR) is 40.7 cm³/mol. The van der Waals surface area contributed by atoms with Crippen molar-refractivity contribution in [2.75, 3.05) is 0 Å². The Morgan fingerprint density at radius 1 is 1.60 bits per heavy atom. The van der Waals surface area contributed by atoms with Crippen molar-refractivity contribution in [3.8, 4) is 0 Å². The maximum Gasteiger partial charge on any atom is 0.335 e. The minimum absolute atomic E-state index is 0.0809. The molecule has 0 spiro atoms. The highest BCUT2D eigenvalue weighted by atomic mass is 16.4. The second-order valence-electron chi connectivity index (χ2n) is 1.92. The number of hydrogen-bond acceptors (Lipinski definition) is 1. The Morgan fingerprint density at radius 2 is 2.10 bits per heavy atom. The van der Waals surface area contributed by atoms with Crippen LogP contribution in [0.5, 0.6) is 0 Å². The van der Waals surface area contributed by atoms with Gasteiger partial charge in [-0.2, -0.15) is 0 Å². The Bertz CT molecular complexity index is 199. The fraction of sp³-hybridized carbons (Fsp3) is 0.125. The molecule has 0 aliphatic rings. The first-order valence-corrected chi connectivity index (χ1v) is 2.81. The summed E-state index contributed by atoms with van der Waals surface area (Å²) in [5, 5.41) is 8.35. The Hall–Kier alpha value is -1.31. The number of rotatable bonds is 3. The smallest absolute Gasteiger partial charge is 0.335 e. The standard InChI is InChI=1S/C8H10O2/c1-4-6(2)5-7(3)8(9)10/h4-5H,1,3H2,2H3,(H,9,10). The predicted octanol–water partition coefficient (Wildman–Crippen LogP) is 1.76. The minimum Gasteiger partial charge on any atom is -0.478 e. The molecule has 0 atom stereocenters. The van der Waals surface area contributed by atoms with Gasteiger partial charge in [0, 0.05) is 0 Å². The highest BCUT2D eigenvalue weighted by molar-refractivity contribution is 5.89. The lowest BCUT2D eigenvalue weighted by Crippen LogP contribution is -1.95. The molecule has 0 fully saturated rings. The lowest BCUT2D eigenvalue weighted by Gasteiger charge is -1.91. The van der Waals surface area contributed by atoms with Crippen molar-refractivity contribution in [2.45, 2.75) is 6.92 Å². The van der Waals surface area contributed by atoms with Crippen molar-refractivity contribution in [3.63, 3.8) is 0 Å². The SMILES string of the molecule is C=CC(C)=CC(=C)C(=O)O. The molecule has 0 aromatic rings. The monoisotopic (exact) mass is 138 g/mol. The Kier molecular flexibility index (Phi) is 3.19. The second kappa shape index (κ2) is 3.67. The average Bonchev–Trinajstić information content (AvgIpc) is 1.87. The maximum absolute atomic E-state index is 10.2. The molecule has 2 heteroatoms. The summed E-state index contributed by atoms with van der Waals surface area (Å²) < 4.78 is 0. The average molecular weight is 138 g/mol. The Labute approximate surface area is 60.2 Å². The van der Waals surface area contributed by atoms with Crippen molar-refractivity contribution in [2.24, 2.45) is 0 Å². The van der Waals surface area contributed by atoms with Crippen molar-refractivity contribution < 1.29 is 9.90 Å². The zero-order valence-corrected chi connectivity index (χ0v) is 5.92. The molecular formula is C8H10O2. The zero-order chi connectivity index (χ0) is 8.15. The van der Waals surface area contributed by atoms with Gasteiger partial charge in [-0.15, -0.1) is 0 Å². The topological polar surface area (TPSA) is 37.3 Å². The Balaban J connectivity index is 4.27. The summed E-state index contributed by atoms with van der Waals surface area (Å²) >= 11 is 0. The molecule has 0 saturated heterocycles. The van der Waals surface area contributed by atoms with Gasteiger partial charge in [-0.05, 0) is 13.0 Å². The van der Waals surface area contributed by atoms with Gasteiger partial charge >= 0.3 is 5.97 Å². The molecule has 0 unspecified atom stereocenters. The van der Waals surface area contributed by atoms with Gasteiger partial charge in [-0.3, -0.25) is 0 Å². The van der Waals surface area contributed by atoms with Crippen LogP contribution in [-0.4, -0.2) is 11.1 Å². The summed E-state index contributed by atoms with van der Waals surface area (Å²) in [6.07, 6.45) is 3.05. The highest BCUT2D eigenvalue weighted by Crippen LogP contribution is 1.99. The quantitative estimate of drug-likeness (QED) is 0.476. The molecule has 2 nitrogen and oxygen atoms in total. The maximum atomic E-state index is 10.2. The molecular weight excluding hydrogens is 128 g/mol. The molecule has 1 N–H and O–H groups in total. The number of carbonyl (C=O) groups is 1. The van der Waals surface area contributed by atoms with Gasteiger partial charge in [0.1, 0.15) is 0 Å². The van der Waals surface area contributed by atoms with Crippen LogP contribution in [0.4, 0.5) is 0 Å². The molecule has 0 aromatic heterocycles. The summed E-state index contributed by atoms with van der Waals surface area (Å²) in [6.45, 7) is 8.55. The lowest BCUT2D eigenvalue weighted by atomic mass is 10.2. The summed E-state index contributed by atoms with van der Waals surface area (Å²) in [6, 6.07) is 0. The van der Waals surface area contributed by atoms with Crippen LogP contribution < -0.4 is 0 Å². The zero-order valence-electron chi connectivity index (χ0n) is 5.92. The number of carboxylic acids is 1. The third kappa shape index (κ3) is 2.87. The van der Waals surface area contributed by atoms with E-state index in [-0.39, 0.29) is 5.57 Å². The van der Waals surface area contributed by atoms with Crippen LogP contribution in [0.2, 0.25) is 0 Å². The van der Waals surface area contributed by atoms with E-state index >= 15 is 0 Å². The normalized spacial score (nSPS) is 10.7. The molecule has 0 aromatic carbocycles. The van der Waals surface area contributed by atoms with Crippen LogP contribution in [0, 0.1) is 0 Å². The molecule has 0 aliphatic heterocycles. The third-order valence-corrected chi connectivity index (χ3v) is 0.999. The molecule has 54 valence electrons. The minimum atomic E-state index is -0.999. The van der Waals surface area contributed by atoms with E-state index in [2.05, 4.69) is 13.2 Å². The third-order valence-electron chi connectivity index (χ3n) is 0.999. The van der Waals surface area contributed by atoms with E-state index in [4.69, 9.17) is 5.11 Å². The summed E-state index contributed by atoms with van der Waals surface area (Å²) in [7, 11) is 0. The van der Waals surface area contributed by atoms with E-state index in [1.165, 1.54) is 6.08 Å². The first-order chi connectivity index (χ1) is 4.57. The van der Waals surface area contributed by atoms with Crippen LogP contribution in [-0.2, 0) is 4.79 Å². The van der Waals surface area contributed by atoms with E-state index in [1.807, 2.05) is 0 Å². The van der Waals surface area contributed by atoms with Crippen LogP contribution >= 0.6 is 0 Å². The van der Waals surface area contributed by atoms with Crippen LogP contribution in [0.15, 0.2) is 36.5 Å². The summed E-state index contributed by atoms with van der Waals surface area (Å²) in [4.78, 5) is 10.2. The molecule has 0 saturated carbocycles. The van der Waals surface area contributed by atoms with Crippen molar-refractivity contribution in [1.82, 2.24) is 0 Å². The van der Waals surface area contributed by atoms with Gasteiger partial charge in [0.15, 0.2) is 0 Å². The molecule has 0 aliphatic carbocycles. The fourth-order valence-electron chi connectivity index (χ4n) is 0.395. The lowest BCUT2D eigenvalue weighted by molar-refractivity contribution is -0.132. The molecule has 0 bridgehead atoms. The highest BCUT2D eigenvalue weighted by Gasteiger charge is 1.97. The van der Waals surface area contributed by atoms with Gasteiger partial charge in [0.05, 0.1) is 5.57 Å². The van der Waals surface area contributed by atoms with E-state index in [1.54, 1.807) is 13.0 Å². The van der Waals surface area contributed by atoms with E-state index < -0.39 is 5.97 Å². The Morgan fingerprint density at radius 3 is 2.40 bits per heavy atom. The number of aliphatic carboxylic acids is 1. The van der Waals surface area contributed by atoms with E-state index in [0.717, 1.165) is 5.57 Å². The number of carboxylic acid groups (broad SMARTS) is 1. The van der Waals surface area contributed by atoms with Crippen molar-refractivity contribution in [1.29, 1.82) is 0 Å². The van der Waals surface area contributed by atoms with Gasteiger partial charge in [-0.1, -0.05) is 24.8 Å². The van der Waals surface area contributed by atoms with Crippen molar-refractivity contribution in [3.05, 3.63) is 36.5 Å². The summed E-state index contributed by atoms with van der Waals surface area (Å²) in [5.74, 6) is -0.999. The van der Waals surface area contributed by atoms with E-state index in [9.17, 15) is 4.79 Å². The van der Waals surface area contributed by atoms with Crippen LogP contribution in [0.25, 0.3) is 0 Å². The molecule has 0 heterocycles. The van der Waals surface area contributed by atoms with E-state index in [0.29, 0.717) is 0 Å². The molecule has 0 amide bonds. The molecule has 0 radical (unpaired) electrons. The first-order valence-electron chi connectivity index (χ1n) is 2.81. The largest absolute Gasteiger partial charge is 0.478 e. The van der Waals surface area contributed by atoms with Gasteiger partial charge < -0.3 is 5.11 Å². The summed E-state index contributed by atoms with van der Waals surface area (Å²) in [5.41, 5.74) is 0.879. The fourth-order valence-corrected chi connectivity index (χ4v) is 0.395. The molecule has 0 rings (SSSR count).